The average Bonchev–Trinajstić information content (AvgIpc) is 2.57. The number of pyridine rings is 1. The lowest BCUT2D eigenvalue weighted by Gasteiger charge is -2.10. The number of carbonyl (C=O) groups is 2. The van der Waals surface area contributed by atoms with Crippen molar-refractivity contribution in [3.63, 3.8) is 0 Å². The standard InChI is InChI=1S/C17H17ClN2O3S/c1-3-23-17(22)11(2)24-15-9-4-12(10-19-15)16(21)20-14-7-5-13(18)6-8-14/h4-11H,3H2,1-2H3,(H,20,21)/t11-/m1/s1. The number of benzene rings is 1. The van der Waals surface area contributed by atoms with Gasteiger partial charge >= 0.3 is 5.97 Å². The topological polar surface area (TPSA) is 68.3 Å². The van der Waals surface area contributed by atoms with Gasteiger partial charge < -0.3 is 10.1 Å². The first-order valence-corrected chi connectivity index (χ1v) is 8.61. The Kier molecular flexibility index (Phi) is 6.63. The first-order chi connectivity index (χ1) is 11.5. The first-order valence-electron chi connectivity index (χ1n) is 7.36. The molecule has 2 rings (SSSR count). The molecular weight excluding hydrogens is 348 g/mol. The highest BCUT2D eigenvalue weighted by molar-refractivity contribution is 8.00. The van der Waals surface area contributed by atoms with E-state index in [4.69, 9.17) is 16.3 Å². The fourth-order valence-corrected chi connectivity index (χ4v) is 2.72. The largest absolute Gasteiger partial charge is 0.465 e. The van der Waals surface area contributed by atoms with E-state index in [9.17, 15) is 9.59 Å². The molecule has 0 radical (unpaired) electrons. The zero-order valence-electron chi connectivity index (χ0n) is 13.3. The lowest BCUT2D eigenvalue weighted by atomic mass is 10.2. The van der Waals surface area contributed by atoms with Gasteiger partial charge in [0.15, 0.2) is 0 Å². The van der Waals surface area contributed by atoms with Gasteiger partial charge in [-0.25, -0.2) is 4.98 Å². The Morgan fingerprint density at radius 1 is 1.25 bits per heavy atom. The van der Waals surface area contributed by atoms with Gasteiger partial charge in [-0.05, 0) is 50.2 Å². The zero-order valence-corrected chi connectivity index (χ0v) is 14.9. The van der Waals surface area contributed by atoms with Crippen LogP contribution in [0.2, 0.25) is 5.02 Å². The minimum Gasteiger partial charge on any atom is -0.465 e. The summed E-state index contributed by atoms with van der Waals surface area (Å²) in [5.74, 6) is -0.548. The molecule has 5 nitrogen and oxygen atoms in total. The van der Waals surface area contributed by atoms with Crippen molar-refractivity contribution in [1.29, 1.82) is 0 Å². The first kappa shape index (κ1) is 18.3. The second-order valence-electron chi connectivity index (χ2n) is 4.86. The van der Waals surface area contributed by atoms with Gasteiger partial charge in [-0.15, -0.1) is 0 Å². The molecule has 0 unspecified atom stereocenters. The maximum absolute atomic E-state index is 12.2. The molecule has 126 valence electrons. The van der Waals surface area contributed by atoms with Gasteiger partial charge in [-0.1, -0.05) is 23.4 Å². The minimum atomic E-state index is -0.355. The van der Waals surface area contributed by atoms with Crippen LogP contribution < -0.4 is 5.32 Å². The van der Waals surface area contributed by atoms with Crippen LogP contribution in [0.1, 0.15) is 24.2 Å². The second kappa shape index (κ2) is 8.70. The van der Waals surface area contributed by atoms with Crippen molar-refractivity contribution in [1.82, 2.24) is 4.98 Å². The summed E-state index contributed by atoms with van der Waals surface area (Å²) >= 11 is 7.09. The molecule has 1 N–H and O–H groups in total. The number of anilines is 1. The van der Waals surface area contributed by atoms with Crippen molar-refractivity contribution in [2.24, 2.45) is 0 Å². The van der Waals surface area contributed by atoms with E-state index in [0.29, 0.717) is 27.9 Å². The average molecular weight is 365 g/mol. The van der Waals surface area contributed by atoms with Crippen LogP contribution in [0.3, 0.4) is 0 Å². The van der Waals surface area contributed by atoms with Crippen molar-refractivity contribution in [2.75, 3.05) is 11.9 Å². The van der Waals surface area contributed by atoms with Gasteiger partial charge in [-0.3, -0.25) is 9.59 Å². The number of aromatic nitrogens is 1. The molecule has 1 aromatic heterocycles. The van der Waals surface area contributed by atoms with Crippen molar-refractivity contribution in [3.05, 3.63) is 53.2 Å². The third-order valence-corrected chi connectivity index (χ3v) is 4.30. The molecule has 0 fully saturated rings. The molecular formula is C17H17ClN2O3S. The highest BCUT2D eigenvalue weighted by Crippen LogP contribution is 2.22. The number of ether oxygens (including phenoxy) is 1. The molecule has 0 saturated heterocycles. The van der Waals surface area contributed by atoms with E-state index >= 15 is 0 Å². The van der Waals surface area contributed by atoms with Crippen LogP contribution in [0, 0.1) is 0 Å². The number of esters is 1. The summed E-state index contributed by atoms with van der Waals surface area (Å²) in [5, 5.41) is 3.66. The van der Waals surface area contributed by atoms with Crippen LogP contribution in [-0.2, 0) is 9.53 Å². The van der Waals surface area contributed by atoms with Gasteiger partial charge in [0.05, 0.1) is 17.2 Å². The molecule has 24 heavy (non-hydrogen) atoms. The molecule has 0 saturated carbocycles. The number of rotatable bonds is 6. The third kappa shape index (κ3) is 5.25. The highest BCUT2D eigenvalue weighted by atomic mass is 35.5. The molecule has 1 atom stereocenters. The highest BCUT2D eigenvalue weighted by Gasteiger charge is 2.16. The zero-order chi connectivity index (χ0) is 17.5. The van der Waals surface area contributed by atoms with Crippen molar-refractivity contribution >= 4 is 40.9 Å². The number of nitrogens with one attached hydrogen (secondary N) is 1. The Hall–Kier alpha value is -2.05. The number of carbonyl (C=O) groups excluding carboxylic acids is 2. The van der Waals surface area contributed by atoms with Gasteiger partial charge in [0.1, 0.15) is 5.25 Å². The Morgan fingerprint density at radius 2 is 1.96 bits per heavy atom. The van der Waals surface area contributed by atoms with Crippen LogP contribution in [0.25, 0.3) is 0 Å². The molecule has 0 aliphatic heterocycles. The minimum absolute atomic E-state index is 0.264. The van der Waals surface area contributed by atoms with Crippen LogP contribution in [-0.4, -0.2) is 28.7 Å². The lowest BCUT2D eigenvalue weighted by Crippen LogP contribution is -2.17. The fraction of sp³-hybridized carbons (Fsp3) is 0.235. The van der Waals surface area contributed by atoms with E-state index in [1.165, 1.54) is 18.0 Å². The summed E-state index contributed by atoms with van der Waals surface area (Å²) in [6, 6.07) is 10.2. The summed E-state index contributed by atoms with van der Waals surface area (Å²) in [6.07, 6.45) is 1.48. The lowest BCUT2D eigenvalue weighted by molar-refractivity contribution is -0.142. The molecule has 1 aromatic carbocycles. The van der Waals surface area contributed by atoms with E-state index in [1.54, 1.807) is 50.2 Å². The number of hydrogen-bond acceptors (Lipinski definition) is 5. The van der Waals surface area contributed by atoms with E-state index in [2.05, 4.69) is 10.3 Å². The predicted molar refractivity (Wildman–Crippen MR) is 95.6 cm³/mol. The molecule has 1 heterocycles. The summed E-state index contributed by atoms with van der Waals surface area (Å²) < 4.78 is 4.95. The van der Waals surface area contributed by atoms with E-state index in [0.717, 1.165) is 0 Å². The number of amides is 1. The second-order valence-corrected chi connectivity index (χ2v) is 6.66. The van der Waals surface area contributed by atoms with Crippen molar-refractivity contribution < 1.29 is 14.3 Å². The molecule has 2 aromatic rings. The molecule has 0 spiro atoms. The SMILES string of the molecule is CCOC(=O)[C@@H](C)Sc1ccc(C(=O)Nc2ccc(Cl)cc2)cn1. The van der Waals surface area contributed by atoms with E-state index in [-0.39, 0.29) is 17.1 Å². The molecule has 7 heteroatoms. The number of hydrogen-bond donors (Lipinski definition) is 1. The summed E-state index contributed by atoms with van der Waals surface area (Å²) in [7, 11) is 0. The van der Waals surface area contributed by atoms with Gasteiger partial charge in [0, 0.05) is 16.9 Å². The number of halogens is 1. The Morgan fingerprint density at radius 3 is 2.54 bits per heavy atom. The Balaban J connectivity index is 1.97. The van der Waals surface area contributed by atoms with Gasteiger partial charge in [0.2, 0.25) is 0 Å². The van der Waals surface area contributed by atoms with Crippen LogP contribution in [0.15, 0.2) is 47.6 Å². The van der Waals surface area contributed by atoms with Crippen LogP contribution in [0.5, 0.6) is 0 Å². The van der Waals surface area contributed by atoms with Gasteiger partial charge in [0.25, 0.3) is 5.91 Å². The van der Waals surface area contributed by atoms with Crippen LogP contribution >= 0.6 is 23.4 Å². The van der Waals surface area contributed by atoms with Crippen LogP contribution in [0.4, 0.5) is 5.69 Å². The van der Waals surface area contributed by atoms with Crippen molar-refractivity contribution in [3.8, 4) is 0 Å². The van der Waals surface area contributed by atoms with E-state index < -0.39 is 0 Å². The third-order valence-electron chi connectivity index (χ3n) is 3.02. The summed E-state index contributed by atoms with van der Waals surface area (Å²) in [5.41, 5.74) is 1.08. The molecule has 0 aliphatic rings. The monoisotopic (exact) mass is 364 g/mol. The maximum atomic E-state index is 12.2. The van der Waals surface area contributed by atoms with E-state index in [1.807, 2.05) is 0 Å². The summed E-state index contributed by atoms with van der Waals surface area (Å²) in [4.78, 5) is 28.0. The molecule has 0 bridgehead atoms. The quantitative estimate of drug-likeness (QED) is 0.619. The number of thioether (sulfide) groups is 1. The molecule has 0 aliphatic carbocycles. The Bertz CT molecular complexity index is 705. The Labute approximate surface area is 149 Å². The normalized spacial score (nSPS) is 11.6. The predicted octanol–water partition coefficient (Wildman–Crippen LogP) is 4.03. The fourth-order valence-electron chi connectivity index (χ4n) is 1.81. The number of nitrogens with zero attached hydrogens (tertiary/aromatic N) is 1. The maximum Gasteiger partial charge on any atom is 0.319 e. The van der Waals surface area contributed by atoms with Gasteiger partial charge in [-0.2, -0.15) is 0 Å². The van der Waals surface area contributed by atoms with Crippen molar-refractivity contribution in [2.45, 2.75) is 24.1 Å². The summed E-state index contributed by atoms with van der Waals surface area (Å²) in [6.45, 7) is 3.87. The molecule has 1 amide bonds. The smallest absolute Gasteiger partial charge is 0.319 e.